The lowest BCUT2D eigenvalue weighted by atomic mass is 10.1. The summed E-state index contributed by atoms with van der Waals surface area (Å²) in [6.45, 7) is 1.70. The highest BCUT2D eigenvalue weighted by Gasteiger charge is 2.27. The lowest BCUT2D eigenvalue weighted by Gasteiger charge is -2.29. The van der Waals surface area contributed by atoms with Crippen molar-refractivity contribution >= 4 is 23.5 Å². The van der Waals surface area contributed by atoms with Crippen LogP contribution in [-0.4, -0.2) is 71.4 Å². The Balaban J connectivity index is 1.99. The Hall–Kier alpha value is -1.96. The molecule has 2 amide bonds. The predicted octanol–water partition coefficient (Wildman–Crippen LogP) is -1.09. The van der Waals surface area contributed by atoms with Gasteiger partial charge in [-0.15, -0.1) is 0 Å². The molecule has 0 aromatic carbocycles. The number of aliphatic carboxylic acids is 1. The van der Waals surface area contributed by atoms with Crippen LogP contribution in [0, 0.1) is 0 Å². The number of hydrogen-bond donors (Lipinski definition) is 1. The summed E-state index contributed by atoms with van der Waals surface area (Å²) in [6, 6.07) is 0. The third kappa shape index (κ3) is 3.28. The molecule has 0 spiro atoms. The van der Waals surface area contributed by atoms with Crippen LogP contribution in [0.1, 0.15) is 12.8 Å². The fraction of sp³-hybridized carbons (Fsp3) is 0.636. The second kappa shape index (κ2) is 5.79. The van der Waals surface area contributed by atoms with Gasteiger partial charge in [0.2, 0.25) is 11.8 Å². The van der Waals surface area contributed by atoms with Gasteiger partial charge in [0.1, 0.15) is 12.3 Å². The average Bonchev–Trinajstić information content (AvgIpc) is 2.42. The second-order valence-corrected chi connectivity index (χ2v) is 4.30. The molecular formula is C11H15N3O5. The SMILES string of the molecule is O=C(O)C1=NN(CC(=O)N2CCOCC2)C(=O)CC1. The molecular weight excluding hydrogens is 254 g/mol. The molecule has 104 valence electrons. The second-order valence-electron chi connectivity index (χ2n) is 4.30. The van der Waals surface area contributed by atoms with E-state index in [1.54, 1.807) is 4.90 Å². The van der Waals surface area contributed by atoms with Crippen molar-refractivity contribution in [1.82, 2.24) is 9.91 Å². The Morgan fingerprint density at radius 1 is 1.26 bits per heavy atom. The van der Waals surface area contributed by atoms with Crippen LogP contribution in [0.3, 0.4) is 0 Å². The first-order chi connectivity index (χ1) is 9.08. The van der Waals surface area contributed by atoms with E-state index in [1.165, 1.54) is 0 Å². The molecule has 0 radical (unpaired) electrons. The molecule has 0 bridgehead atoms. The maximum atomic E-state index is 11.9. The van der Waals surface area contributed by atoms with Gasteiger partial charge in [0.05, 0.1) is 13.2 Å². The molecule has 1 saturated heterocycles. The lowest BCUT2D eigenvalue weighted by Crippen LogP contribution is -2.47. The molecule has 0 saturated carbocycles. The quantitative estimate of drug-likeness (QED) is 0.701. The van der Waals surface area contributed by atoms with Gasteiger partial charge in [-0.3, -0.25) is 9.59 Å². The monoisotopic (exact) mass is 269 g/mol. The first-order valence-electron chi connectivity index (χ1n) is 6.04. The van der Waals surface area contributed by atoms with Crippen LogP contribution in [0.15, 0.2) is 5.10 Å². The normalized spacial score (nSPS) is 20.2. The van der Waals surface area contributed by atoms with Crippen LogP contribution in [0.4, 0.5) is 0 Å². The van der Waals surface area contributed by atoms with Gasteiger partial charge < -0.3 is 14.7 Å². The van der Waals surface area contributed by atoms with Crippen LogP contribution in [-0.2, 0) is 19.1 Å². The molecule has 1 N–H and O–H groups in total. The number of morpholine rings is 1. The topological polar surface area (TPSA) is 99.5 Å². The van der Waals surface area contributed by atoms with E-state index >= 15 is 0 Å². The van der Waals surface area contributed by atoms with Crippen molar-refractivity contribution in [3.8, 4) is 0 Å². The summed E-state index contributed by atoms with van der Waals surface area (Å²) in [7, 11) is 0. The van der Waals surface area contributed by atoms with Crippen LogP contribution >= 0.6 is 0 Å². The van der Waals surface area contributed by atoms with E-state index in [9.17, 15) is 14.4 Å². The van der Waals surface area contributed by atoms with E-state index in [4.69, 9.17) is 9.84 Å². The lowest BCUT2D eigenvalue weighted by molar-refractivity contribution is -0.143. The zero-order valence-electron chi connectivity index (χ0n) is 10.4. The average molecular weight is 269 g/mol. The van der Waals surface area contributed by atoms with Crippen LogP contribution in [0.5, 0.6) is 0 Å². The molecule has 8 nitrogen and oxygen atoms in total. The molecule has 8 heteroatoms. The molecule has 2 aliphatic rings. The number of amides is 2. The van der Waals surface area contributed by atoms with Crippen molar-refractivity contribution in [2.45, 2.75) is 12.8 Å². The molecule has 0 unspecified atom stereocenters. The Labute approximate surface area is 109 Å². The molecule has 2 aliphatic heterocycles. The highest BCUT2D eigenvalue weighted by Crippen LogP contribution is 2.10. The fourth-order valence-electron chi connectivity index (χ4n) is 1.92. The summed E-state index contributed by atoms with van der Waals surface area (Å²) in [6.07, 6.45) is 0.179. The minimum absolute atomic E-state index is 0.0710. The number of carbonyl (C=O) groups is 3. The van der Waals surface area contributed by atoms with E-state index in [0.717, 1.165) is 5.01 Å². The molecule has 0 aromatic rings. The zero-order valence-corrected chi connectivity index (χ0v) is 10.4. The van der Waals surface area contributed by atoms with Crippen LogP contribution in [0.2, 0.25) is 0 Å². The number of ether oxygens (including phenoxy) is 1. The van der Waals surface area contributed by atoms with Gasteiger partial charge in [-0.1, -0.05) is 0 Å². The Kier molecular flexibility index (Phi) is 4.10. The van der Waals surface area contributed by atoms with Gasteiger partial charge in [0.15, 0.2) is 0 Å². The summed E-state index contributed by atoms with van der Waals surface area (Å²) in [5.41, 5.74) is -0.0885. The molecule has 1 fully saturated rings. The van der Waals surface area contributed by atoms with Gasteiger partial charge in [0.25, 0.3) is 0 Å². The third-order valence-corrected chi connectivity index (χ3v) is 3.00. The summed E-state index contributed by atoms with van der Waals surface area (Å²) >= 11 is 0. The Bertz CT molecular complexity index is 428. The molecule has 0 aromatic heterocycles. The number of hydrogen-bond acceptors (Lipinski definition) is 5. The van der Waals surface area contributed by atoms with Crippen molar-refractivity contribution < 1.29 is 24.2 Å². The minimum Gasteiger partial charge on any atom is -0.477 e. The number of rotatable bonds is 3. The van der Waals surface area contributed by atoms with E-state index in [1.807, 2.05) is 0 Å². The number of carbonyl (C=O) groups excluding carboxylic acids is 2. The van der Waals surface area contributed by atoms with E-state index in [2.05, 4.69) is 5.10 Å². The maximum Gasteiger partial charge on any atom is 0.352 e. The number of carboxylic acids is 1. The van der Waals surface area contributed by atoms with Crippen molar-refractivity contribution in [2.75, 3.05) is 32.8 Å². The van der Waals surface area contributed by atoms with Gasteiger partial charge in [-0.2, -0.15) is 5.10 Å². The van der Waals surface area contributed by atoms with Crippen molar-refractivity contribution in [3.63, 3.8) is 0 Å². The molecule has 19 heavy (non-hydrogen) atoms. The summed E-state index contributed by atoms with van der Waals surface area (Å²) in [5.74, 6) is -1.73. The first-order valence-corrected chi connectivity index (χ1v) is 6.04. The van der Waals surface area contributed by atoms with Crippen molar-refractivity contribution in [1.29, 1.82) is 0 Å². The van der Waals surface area contributed by atoms with Crippen molar-refractivity contribution in [2.24, 2.45) is 5.10 Å². The Morgan fingerprint density at radius 3 is 2.58 bits per heavy atom. The van der Waals surface area contributed by atoms with Crippen LogP contribution < -0.4 is 0 Å². The summed E-state index contributed by atoms with van der Waals surface area (Å²) in [5, 5.41) is 13.5. The minimum atomic E-state index is -1.16. The maximum absolute atomic E-state index is 11.9. The van der Waals surface area contributed by atoms with E-state index in [-0.39, 0.29) is 36.9 Å². The number of nitrogens with zero attached hydrogens (tertiary/aromatic N) is 3. The number of hydrazone groups is 1. The van der Waals surface area contributed by atoms with Gasteiger partial charge in [-0.25, -0.2) is 9.80 Å². The molecule has 0 atom stereocenters. The highest BCUT2D eigenvalue weighted by molar-refractivity contribution is 6.36. The van der Waals surface area contributed by atoms with E-state index < -0.39 is 5.97 Å². The third-order valence-electron chi connectivity index (χ3n) is 3.00. The standard InChI is InChI=1S/C11H15N3O5/c15-9-2-1-8(11(17)18)12-14(9)7-10(16)13-3-5-19-6-4-13/h1-7H2,(H,17,18). The number of carboxylic acid groups (broad SMARTS) is 1. The Morgan fingerprint density at radius 2 is 1.95 bits per heavy atom. The smallest absolute Gasteiger partial charge is 0.352 e. The van der Waals surface area contributed by atoms with Crippen molar-refractivity contribution in [3.05, 3.63) is 0 Å². The van der Waals surface area contributed by atoms with Crippen LogP contribution in [0.25, 0.3) is 0 Å². The molecule has 2 heterocycles. The first kappa shape index (κ1) is 13.5. The highest BCUT2D eigenvalue weighted by atomic mass is 16.5. The summed E-state index contributed by atoms with van der Waals surface area (Å²) < 4.78 is 5.13. The largest absolute Gasteiger partial charge is 0.477 e. The zero-order chi connectivity index (χ0) is 13.8. The fourth-order valence-corrected chi connectivity index (χ4v) is 1.92. The van der Waals surface area contributed by atoms with Gasteiger partial charge in [0, 0.05) is 25.9 Å². The van der Waals surface area contributed by atoms with E-state index in [0.29, 0.717) is 26.3 Å². The molecule has 0 aliphatic carbocycles. The molecule has 2 rings (SSSR count). The van der Waals surface area contributed by atoms with Gasteiger partial charge in [-0.05, 0) is 0 Å². The summed E-state index contributed by atoms with van der Waals surface area (Å²) in [4.78, 5) is 36.0. The predicted molar refractivity (Wildman–Crippen MR) is 63.4 cm³/mol. The van der Waals surface area contributed by atoms with Gasteiger partial charge >= 0.3 is 5.97 Å².